The zero-order valence-corrected chi connectivity index (χ0v) is 15.7. The molecule has 26 heavy (non-hydrogen) atoms. The van der Waals surface area contributed by atoms with E-state index in [-0.39, 0.29) is 5.92 Å². The number of nitrogens with two attached hydrogens (primary N) is 1. The summed E-state index contributed by atoms with van der Waals surface area (Å²) < 4.78 is 43.1. The highest BCUT2D eigenvalue weighted by atomic mass is 32.1. The fraction of sp³-hybridized carbons (Fsp3) is 0.688. The van der Waals surface area contributed by atoms with Crippen LogP contribution in [0.25, 0.3) is 0 Å². The molecule has 2 heterocycles. The Bertz CT molecular complexity index is 683. The van der Waals surface area contributed by atoms with Gasteiger partial charge in [0, 0.05) is 19.5 Å². The van der Waals surface area contributed by atoms with E-state index in [2.05, 4.69) is 4.98 Å². The van der Waals surface area contributed by atoms with Crippen LogP contribution in [0, 0.1) is 5.92 Å². The molecule has 0 aromatic carbocycles. The van der Waals surface area contributed by atoms with Gasteiger partial charge in [-0.1, -0.05) is 0 Å². The van der Waals surface area contributed by atoms with Crippen LogP contribution in [0.4, 0.5) is 23.8 Å². The van der Waals surface area contributed by atoms with Crippen molar-refractivity contribution in [1.82, 2.24) is 9.88 Å². The lowest BCUT2D eigenvalue weighted by Crippen LogP contribution is -2.43. The highest BCUT2D eigenvalue weighted by molar-refractivity contribution is 7.14. The lowest BCUT2D eigenvalue weighted by atomic mass is 9.95. The van der Waals surface area contributed by atoms with Gasteiger partial charge in [-0.15, -0.1) is 11.3 Å². The summed E-state index contributed by atoms with van der Waals surface area (Å²) >= 11 is 0.667. The Morgan fingerprint density at radius 3 is 2.58 bits per heavy atom. The molecule has 2 rings (SSSR count). The molecule has 1 fully saturated rings. The van der Waals surface area contributed by atoms with Gasteiger partial charge in [0.1, 0.15) is 16.3 Å². The monoisotopic (exact) mass is 393 g/mol. The van der Waals surface area contributed by atoms with Crippen LogP contribution < -0.4 is 5.73 Å². The summed E-state index contributed by atoms with van der Waals surface area (Å²) in [6.45, 7) is 6.35. The summed E-state index contributed by atoms with van der Waals surface area (Å²) in [5.41, 5.74) is 4.89. The summed E-state index contributed by atoms with van der Waals surface area (Å²) in [6.07, 6.45) is -3.45. The number of aromatic nitrogens is 1. The van der Waals surface area contributed by atoms with Crippen molar-refractivity contribution in [2.24, 2.45) is 5.92 Å². The van der Waals surface area contributed by atoms with E-state index in [4.69, 9.17) is 10.5 Å². The molecule has 1 saturated heterocycles. The topological polar surface area (TPSA) is 85.5 Å². The number of nitrogen functional groups attached to an aromatic ring is 1. The van der Waals surface area contributed by atoms with E-state index in [1.807, 2.05) is 0 Å². The van der Waals surface area contributed by atoms with Crippen molar-refractivity contribution >= 4 is 29.0 Å². The Morgan fingerprint density at radius 2 is 2.00 bits per heavy atom. The average molecular weight is 393 g/mol. The lowest BCUT2D eigenvalue weighted by molar-refractivity contribution is -0.0882. The quantitative estimate of drug-likeness (QED) is 0.792. The van der Waals surface area contributed by atoms with E-state index in [0.29, 0.717) is 35.9 Å². The van der Waals surface area contributed by atoms with Crippen LogP contribution in [0.15, 0.2) is 0 Å². The number of amides is 1. The number of alkyl halides is 3. The van der Waals surface area contributed by atoms with E-state index in [1.54, 1.807) is 25.7 Å². The number of piperidine rings is 1. The molecule has 2 N–H and O–H groups in total. The Kier molecular flexibility index (Phi) is 5.84. The van der Waals surface area contributed by atoms with Gasteiger partial charge in [-0.25, -0.2) is 9.78 Å². The van der Waals surface area contributed by atoms with E-state index in [1.165, 1.54) is 0 Å². The second-order valence-corrected chi connectivity index (χ2v) is 8.37. The summed E-state index contributed by atoms with van der Waals surface area (Å²) in [4.78, 5) is 28.5. The maximum atomic E-state index is 12.6. The molecule has 0 spiro atoms. The molecule has 0 aliphatic carbocycles. The minimum absolute atomic E-state index is 0.0238. The molecule has 0 bridgehead atoms. The van der Waals surface area contributed by atoms with Crippen LogP contribution in [0.1, 0.15) is 48.3 Å². The highest BCUT2D eigenvalue weighted by Crippen LogP contribution is 2.31. The number of thiazole rings is 1. The molecule has 1 atom stereocenters. The van der Waals surface area contributed by atoms with Gasteiger partial charge < -0.3 is 15.4 Å². The number of carbonyl (C=O) groups is 2. The Morgan fingerprint density at radius 1 is 1.35 bits per heavy atom. The van der Waals surface area contributed by atoms with Crippen molar-refractivity contribution in [1.29, 1.82) is 0 Å². The van der Waals surface area contributed by atoms with E-state index in [0.717, 1.165) is 12.8 Å². The standard InChI is InChI=1S/C16H22F3N3O3S/c1-15(2,3)25-14(24)22-6-4-5-9(8-22)7-10-21-13(20)11(26-10)12(23)16(17,18)19/h9H,4-8,20H2,1-3H3. The molecular weight excluding hydrogens is 371 g/mol. The maximum absolute atomic E-state index is 12.6. The number of nitrogens with zero attached hydrogens (tertiary/aromatic N) is 2. The zero-order chi connectivity index (χ0) is 19.7. The molecule has 1 aromatic rings. The SMILES string of the molecule is CC(C)(C)OC(=O)N1CCCC(Cc2nc(N)c(C(=O)C(F)(F)F)s2)C1. The zero-order valence-electron chi connectivity index (χ0n) is 14.9. The summed E-state index contributed by atoms with van der Waals surface area (Å²) in [5.74, 6) is -2.35. The van der Waals surface area contributed by atoms with Crippen molar-refractivity contribution in [3.8, 4) is 0 Å². The number of halogens is 3. The molecule has 0 saturated carbocycles. The number of hydrogen-bond donors (Lipinski definition) is 1. The fourth-order valence-corrected chi connectivity index (χ4v) is 3.78. The number of ether oxygens (including phenoxy) is 1. The first-order chi connectivity index (χ1) is 11.9. The number of ketones is 1. The first-order valence-corrected chi connectivity index (χ1v) is 9.03. The number of hydrogen-bond acceptors (Lipinski definition) is 6. The summed E-state index contributed by atoms with van der Waals surface area (Å²) in [7, 11) is 0. The van der Waals surface area contributed by atoms with Gasteiger partial charge in [-0.2, -0.15) is 13.2 Å². The lowest BCUT2D eigenvalue weighted by Gasteiger charge is -2.33. The van der Waals surface area contributed by atoms with Gasteiger partial charge in [0.2, 0.25) is 0 Å². The third-order valence-corrected chi connectivity index (χ3v) is 4.89. The number of rotatable bonds is 3. The van der Waals surface area contributed by atoms with Crippen molar-refractivity contribution < 1.29 is 27.5 Å². The molecule has 1 aliphatic heterocycles. The van der Waals surface area contributed by atoms with E-state index >= 15 is 0 Å². The van der Waals surface area contributed by atoms with Gasteiger partial charge in [0.25, 0.3) is 5.78 Å². The first kappa shape index (κ1) is 20.5. The van der Waals surface area contributed by atoms with Crippen molar-refractivity contribution in [3.05, 3.63) is 9.88 Å². The Hall–Kier alpha value is -1.84. The predicted octanol–water partition coefficient (Wildman–Crippen LogP) is 3.66. The minimum Gasteiger partial charge on any atom is -0.444 e. The minimum atomic E-state index is -4.98. The van der Waals surface area contributed by atoms with Gasteiger partial charge in [-0.3, -0.25) is 4.79 Å². The smallest absolute Gasteiger partial charge is 0.444 e. The van der Waals surface area contributed by atoms with Crippen LogP contribution in [0.2, 0.25) is 0 Å². The second kappa shape index (κ2) is 7.42. The number of likely N-dealkylation sites (tertiary alicyclic amines) is 1. The van der Waals surface area contributed by atoms with Crippen LogP contribution in [-0.4, -0.2) is 46.6 Å². The van der Waals surface area contributed by atoms with Crippen molar-refractivity contribution in [3.63, 3.8) is 0 Å². The molecule has 6 nitrogen and oxygen atoms in total. The van der Waals surface area contributed by atoms with Crippen molar-refractivity contribution in [2.75, 3.05) is 18.8 Å². The molecule has 1 aromatic heterocycles. The number of Topliss-reactive ketones (excluding diaryl/α,β-unsaturated/α-hetero) is 1. The van der Waals surface area contributed by atoms with Gasteiger partial charge in [-0.05, 0) is 39.5 Å². The van der Waals surface area contributed by atoms with Gasteiger partial charge in [0.15, 0.2) is 0 Å². The summed E-state index contributed by atoms with van der Waals surface area (Å²) in [6, 6.07) is 0. The van der Waals surface area contributed by atoms with E-state index in [9.17, 15) is 22.8 Å². The summed E-state index contributed by atoms with van der Waals surface area (Å²) in [5, 5.41) is 0.367. The Labute approximate surface area is 153 Å². The molecule has 10 heteroatoms. The molecule has 1 aliphatic rings. The maximum Gasteiger partial charge on any atom is 0.455 e. The van der Waals surface area contributed by atoms with Gasteiger partial charge in [0.05, 0.1) is 5.01 Å². The predicted molar refractivity (Wildman–Crippen MR) is 91.1 cm³/mol. The fourth-order valence-electron chi connectivity index (χ4n) is 2.73. The largest absolute Gasteiger partial charge is 0.455 e. The third-order valence-electron chi connectivity index (χ3n) is 3.80. The average Bonchev–Trinajstić information content (AvgIpc) is 2.84. The van der Waals surface area contributed by atoms with Crippen LogP contribution in [-0.2, 0) is 11.2 Å². The third kappa shape index (κ3) is 5.33. The van der Waals surface area contributed by atoms with Crippen molar-refractivity contribution in [2.45, 2.75) is 51.8 Å². The molecular formula is C16H22F3N3O3S. The van der Waals surface area contributed by atoms with Crippen LogP contribution in [0.3, 0.4) is 0 Å². The molecule has 1 unspecified atom stereocenters. The number of carbonyl (C=O) groups excluding carboxylic acids is 2. The highest BCUT2D eigenvalue weighted by Gasteiger charge is 2.42. The second-order valence-electron chi connectivity index (χ2n) is 7.29. The molecule has 1 amide bonds. The van der Waals surface area contributed by atoms with E-state index < -0.39 is 34.3 Å². The molecule has 146 valence electrons. The molecule has 0 radical (unpaired) electrons. The Balaban J connectivity index is 2.03. The normalized spacial score (nSPS) is 18.7. The number of anilines is 1. The van der Waals surface area contributed by atoms with Crippen LogP contribution >= 0.6 is 11.3 Å². The van der Waals surface area contributed by atoms with Gasteiger partial charge >= 0.3 is 12.3 Å². The first-order valence-electron chi connectivity index (χ1n) is 8.21. The van der Waals surface area contributed by atoms with Crippen LogP contribution in [0.5, 0.6) is 0 Å².